The fourth-order valence-electron chi connectivity index (χ4n) is 3.23. The first-order valence-corrected chi connectivity index (χ1v) is 8.13. The topological polar surface area (TPSA) is 49.4 Å². The molecule has 4 nitrogen and oxygen atoms in total. The Bertz CT molecular complexity index is 363. The first-order chi connectivity index (χ1) is 9.52. The van der Waals surface area contributed by atoms with Gasteiger partial charge in [-0.15, -0.1) is 0 Å². The van der Waals surface area contributed by atoms with Crippen molar-refractivity contribution < 1.29 is 9.59 Å². The van der Waals surface area contributed by atoms with Crippen LogP contribution in [-0.4, -0.2) is 35.3 Å². The zero-order valence-corrected chi connectivity index (χ0v) is 13.0. The summed E-state index contributed by atoms with van der Waals surface area (Å²) in [6.07, 6.45) is 6.41. The van der Waals surface area contributed by atoms with Gasteiger partial charge in [-0.2, -0.15) is 0 Å². The largest absolute Gasteiger partial charge is 0.342 e. The Hall–Kier alpha value is -1.06. The van der Waals surface area contributed by atoms with Crippen molar-refractivity contribution in [2.24, 2.45) is 11.8 Å². The number of hydrogen-bond acceptors (Lipinski definition) is 2. The summed E-state index contributed by atoms with van der Waals surface area (Å²) in [5.74, 6) is 1.35. The minimum atomic E-state index is -0.313. The minimum absolute atomic E-state index is 0.0337. The lowest BCUT2D eigenvalue weighted by Gasteiger charge is -2.40. The molecule has 2 aliphatic rings. The van der Waals surface area contributed by atoms with Gasteiger partial charge in [0.2, 0.25) is 11.8 Å². The van der Waals surface area contributed by atoms with Gasteiger partial charge in [0.15, 0.2) is 0 Å². The van der Waals surface area contributed by atoms with Gasteiger partial charge in [-0.25, -0.2) is 0 Å². The maximum atomic E-state index is 12.6. The second kappa shape index (κ2) is 6.59. The Morgan fingerprint density at radius 1 is 1.30 bits per heavy atom. The van der Waals surface area contributed by atoms with E-state index in [2.05, 4.69) is 19.2 Å². The van der Waals surface area contributed by atoms with Crippen molar-refractivity contribution in [1.29, 1.82) is 0 Å². The molecule has 1 heterocycles. The summed E-state index contributed by atoms with van der Waals surface area (Å²) in [4.78, 5) is 26.7. The zero-order valence-electron chi connectivity index (χ0n) is 13.0. The normalized spacial score (nSPS) is 27.7. The van der Waals surface area contributed by atoms with Crippen LogP contribution in [0.25, 0.3) is 0 Å². The highest BCUT2D eigenvalue weighted by molar-refractivity contribution is 5.96. The number of carbonyl (C=O) groups excluding carboxylic acids is 2. The molecule has 0 aromatic carbocycles. The number of nitrogens with one attached hydrogen (secondary N) is 1. The average molecular weight is 280 g/mol. The third-order valence-electron chi connectivity index (χ3n) is 4.67. The van der Waals surface area contributed by atoms with Gasteiger partial charge in [0.05, 0.1) is 0 Å². The number of hydrogen-bond donors (Lipinski definition) is 1. The summed E-state index contributed by atoms with van der Waals surface area (Å²) in [6, 6.07) is -0.572. The highest BCUT2D eigenvalue weighted by Gasteiger charge is 2.39. The summed E-state index contributed by atoms with van der Waals surface area (Å²) in [5.41, 5.74) is 0. The van der Waals surface area contributed by atoms with E-state index in [9.17, 15) is 9.59 Å². The van der Waals surface area contributed by atoms with Crippen molar-refractivity contribution in [3.05, 3.63) is 0 Å². The second-order valence-electron chi connectivity index (χ2n) is 6.73. The number of amides is 2. The van der Waals surface area contributed by atoms with Gasteiger partial charge >= 0.3 is 0 Å². The van der Waals surface area contributed by atoms with Gasteiger partial charge in [0, 0.05) is 6.54 Å². The van der Waals surface area contributed by atoms with E-state index in [1.807, 2.05) is 11.8 Å². The third-order valence-corrected chi connectivity index (χ3v) is 4.67. The second-order valence-corrected chi connectivity index (χ2v) is 6.73. The molecule has 20 heavy (non-hydrogen) atoms. The van der Waals surface area contributed by atoms with Crippen LogP contribution in [0.15, 0.2) is 0 Å². The van der Waals surface area contributed by atoms with Crippen molar-refractivity contribution in [3.8, 4) is 0 Å². The van der Waals surface area contributed by atoms with Crippen LogP contribution >= 0.6 is 0 Å². The number of nitrogens with zero attached hydrogens (tertiary/aromatic N) is 1. The molecule has 0 bridgehead atoms. The monoisotopic (exact) mass is 280 g/mol. The molecule has 1 saturated carbocycles. The summed E-state index contributed by atoms with van der Waals surface area (Å²) in [7, 11) is 0. The first kappa shape index (κ1) is 15.3. The summed E-state index contributed by atoms with van der Waals surface area (Å²) in [6.45, 7) is 6.91. The lowest BCUT2D eigenvalue weighted by molar-refractivity contribution is -0.150. The highest BCUT2D eigenvalue weighted by atomic mass is 16.2. The SMILES string of the molecule is CCC1C(=O)NC(CC(C)C)C(=O)N1CCC1CCC1. The van der Waals surface area contributed by atoms with Crippen molar-refractivity contribution in [3.63, 3.8) is 0 Å². The molecule has 2 unspecified atom stereocenters. The van der Waals surface area contributed by atoms with E-state index in [-0.39, 0.29) is 23.9 Å². The van der Waals surface area contributed by atoms with Crippen molar-refractivity contribution in [1.82, 2.24) is 10.2 Å². The molecule has 1 aliphatic heterocycles. The van der Waals surface area contributed by atoms with Gasteiger partial charge in [-0.3, -0.25) is 9.59 Å². The quantitative estimate of drug-likeness (QED) is 0.812. The van der Waals surface area contributed by atoms with Crippen molar-refractivity contribution in [2.75, 3.05) is 6.54 Å². The average Bonchev–Trinajstić information content (AvgIpc) is 2.32. The first-order valence-electron chi connectivity index (χ1n) is 8.13. The highest BCUT2D eigenvalue weighted by Crippen LogP contribution is 2.30. The molecule has 0 aromatic heterocycles. The fourth-order valence-corrected chi connectivity index (χ4v) is 3.23. The Kier molecular flexibility index (Phi) is 5.06. The molecular weight excluding hydrogens is 252 g/mol. The molecule has 2 rings (SSSR count). The molecule has 1 saturated heterocycles. The molecule has 0 aromatic rings. The third kappa shape index (κ3) is 3.33. The predicted octanol–water partition coefficient (Wildman–Crippen LogP) is 2.33. The van der Waals surface area contributed by atoms with Gasteiger partial charge in [0.25, 0.3) is 0 Å². The lowest BCUT2D eigenvalue weighted by Crippen LogP contribution is -2.63. The van der Waals surface area contributed by atoms with E-state index in [1.165, 1.54) is 19.3 Å². The molecule has 4 heteroatoms. The van der Waals surface area contributed by atoms with E-state index in [4.69, 9.17) is 0 Å². The van der Waals surface area contributed by atoms with Gasteiger partial charge < -0.3 is 10.2 Å². The van der Waals surface area contributed by atoms with Crippen LogP contribution in [0.4, 0.5) is 0 Å². The standard InChI is InChI=1S/C16H28N2O2/c1-4-14-15(19)17-13(10-11(2)3)16(20)18(14)9-8-12-6-5-7-12/h11-14H,4-10H2,1-3H3,(H,17,19). The molecule has 0 spiro atoms. The Morgan fingerprint density at radius 3 is 2.50 bits per heavy atom. The summed E-state index contributed by atoms with van der Waals surface area (Å²) >= 11 is 0. The minimum Gasteiger partial charge on any atom is -0.342 e. The van der Waals surface area contributed by atoms with Crippen molar-refractivity contribution in [2.45, 2.75) is 71.4 Å². The van der Waals surface area contributed by atoms with Gasteiger partial charge in [-0.05, 0) is 31.1 Å². The van der Waals surface area contributed by atoms with Crippen molar-refractivity contribution >= 4 is 11.8 Å². The van der Waals surface area contributed by atoms with Crippen LogP contribution < -0.4 is 5.32 Å². The van der Waals surface area contributed by atoms with E-state index in [1.54, 1.807) is 0 Å². The number of piperazine rings is 1. The van der Waals surface area contributed by atoms with Crippen LogP contribution in [-0.2, 0) is 9.59 Å². The van der Waals surface area contributed by atoms with Crippen LogP contribution in [0, 0.1) is 11.8 Å². The Balaban J connectivity index is 2.01. The van der Waals surface area contributed by atoms with E-state index in [0.29, 0.717) is 12.3 Å². The Labute approximate surface area is 122 Å². The maximum absolute atomic E-state index is 12.6. The zero-order chi connectivity index (χ0) is 14.7. The van der Waals surface area contributed by atoms with E-state index in [0.717, 1.165) is 25.3 Å². The molecule has 0 radical (unpaired) electrons. The molecule has 114 valence electrons. The van der Waals surface area contributed by atoms with Crippen LogP contribution in [0.1, 0.15) is 59.3 Å². The fraction of sp³-hybridized carbons (Fsp3) is 0.875. The summed E-state index contributed by atoms with van der Waals surface area (Å²) in [5, 5.41) is 2.91. The smallest absolute Gasteiger partial charge is 0.245 e. The van der Waals surface area contributed by atoms with E-state index < -0.39 is 0 Å². The predicted molar refractivity (Wildman–Crippen MR) is 79.1 cm³/mol. The van der Waals surface area contributed by atoms with Crippen LogP contribution in [0.2, 0.25) is 0 Å². The van der Waals surface area contributed by atoms with Crippen LogP contribution in [0.5, 0.6) is 0 Å². The Morgan fingerprint density at radius 2 is 2.00 bits per heavy atom. The van der Waals surface area contributed by atoms with Gasteiger partial charge in [0.1, 0.15) is 12.1 Å². The lowest BCUT2D eigenvalue weighted by atomic mass is 9.82. The van der Waals surface area contributed by atoms with E-state index >= 15 is 0 Å². The molecule has 2 amide bonds. The number of rotatable bonds is 6. The summed E-state index contributed by atoms with van der Waals surface area (Å²) < 4.78 is 0. The molecule has 1 N–H and O–H groups in total. The molecule has 2 fully saturated rings. The molecule has 2 atom stereocenters. The maximum Gasteiger partial charge on any atom is 0.245 e. The molecule has 1 aliphatic carbocycles. The number of carbonyl (C=O) groups is 2. The molecular formula is C16H28N2O2. The van der Waals surface area contributed by atoms with Gasteiger partial charge in [-0.1, -0.05) is 40.0 Å². The van der Waals surface area contributed by atoms with Crippen LogP contribution in [0.3, 0.4) is 0 Å².